The molecule has 34 heavy (non-hydrogen) atoms. The van der Waals surface area contributed by atoms with Gasteiger partial charge in [0.05, 0.1) is 12.8 Å². The zero-order valence-corrected chi connectivity index (χ0v) is 19.9. The number of benzene rings is 2. The molecular formula is C24H29FN4O5. The molecule has 0 heterocycles. The first-order valence-corrected chi connectivity index (χ1v) is 10.6. The highest BCUT2D eigenvalue weighted by molar-refractivity contribution is 6.45. The molecule has 0 aliphatic heterocycles. The van der Waals surface area contributed by atoms with E-state index in [1.54, 1.807) is 37.3 Å². The highest BCUT2D eigenvalue weighted by atomic mass is 19.1. The number of rotatable bonds is 12. The minimum Gasteiger partial charge on any atom is -0.494 e. The topological polar surface area (TPSA) is 103 Å². The summed E-state index contributed by atoms with van der Waals surface area (Å²) in [5.41, 5.74) is 1.54. The van der Waals surface area contributed by atoms with E-state index in [2.05, 4.69) is 20.8 Å². The van der Waals surface area contributed by atoms with E-state index in [0.29, 0.717) is 23.5 Å². The van der Waals surface area contributed by atoms with E-state index in [4.69, 9.17) is 19.2 Å². The van der Waals surface area contributed by atoms with E-state index >= 15 is 0 Å². The van der Waals surface area contributed by atoms with Gasteiger partial charge in [0, 0.05) is 29.8 Å². The number of ether oxygens (including phenoxy) is 1. The van der Waals surface area contributed by atoms with Crippen molar-refractivity contribution in [3.63, 3.8) is 0 Å². The van der Waals surface area contributed by atoms with Crippen molar-refractivity contribution in [2.75, 3.05) is 27.9 Å². The molecule has 0 saturated heterocycles. The van der Waals surface area contributed by atoms with Crippen LogP contribution in [0.3, 0.4) is 0 Å². The largest absolute Gasteiger partial charge is 0.494 e. The monoisotopic (exact) mass is 472 g/mol. The van der Waals surface area contributed by atoms with Crippen LogP contribution in [0.1, 0.15) is 43.1 Å². The summed E-state index contributed by atoms with van der Waals surface area (Å²) in [6, 6.07) is 11.5. The zero-order chi connectivity index (χ0) is 24.9. The average molecular weight is 473 g/mol. The average Bonchev–Trinajstić information content (AvgIpc) is 2.85. The first-order chi connectivity index (χ1) is 16.5. The van der Waals surface area contributed by atoms with Crippen LogP contribution >= 0.6 is 0 Å². The Bertz CT molecular complexity index is 1060. The van der Waals surface area contributed by atoms with Gasteiger partial charge in [0.15, 0.2) is 5.71 Å². The summed E-state index contributed by atoms with van der Waals surface area (Å²) in [6.07, 6.45) is 1.47. The molecule has 0 aliphatic rings. The second-order valence-corrected chi connectivity index (χ2v) is 6.92. The van der Waals surface area contributed by atoms with Crippen molar-refractivity contribution >= 4 is 23.5 Å². The second-order valence-electron chi connectivity index (χ2n) is 6.92. The van der Waals surface area contributed by atoms with Gasteiger partial charge in [-0.15, -0.1) is 0 Å². The first-order valence-electron chi connectivity index (χ1n) is 10.6. The summed E-state index contributed by atoms with van der Waals surface area (Å²) >= 11 is 0. The van der Waals surface area contributed by atoms with E-state index in [9.17, 15) is 9.18 Å². The van der Waals surface area contributed by atoms with Crippen LogP contribution in [0.4, 0.5) is 4.39 Å². The highest BCUT2D eigenvalue weighted by Crippen LogP contribution is 2.23. The Kier molecular flexibility index (Phi) is 10.5. The zero-order valence-electron chi connectivity index (χ0n) is 19.9. The number of hydrogen-bond acceptors (Lipinski definition) is 8. The van der Waals surface area contributed by atoms with Gasteiger partial charge in [-0.05, 0) is 25.5 Å². The molecule has 2 aromatic rings. The lowest BCUT2D eigenvalue weighted by molar-refractivity contribution is -0.114. The fraction of sp³-hybridized carbons (Fsp3) is 0.333. The number of halogens is 1. The number of likely N-dealkylation sites (N-methyl/N-ethyl adjacent to an activating group) is 1. The summed E-state index contributed by atoms with van der Waals surface area (Å²) in [7, 11) is 4.20. The lowest BCUT2D eigenvalue weighted by Crippen LogP contribution is -2.29. The van der Waals surface area contributed by atoms with Gasteiger partial charge in [0.25, 0.3) is 5.91 Å². The van der Waals surface area contributed by atoms with Gasteiger partial charge in [-0.2, -0.15) is 0 Å². The standard InChI is InChI=1S/C24H29FN4O5/c1-6-13-33-17-11-12-20(21(25)14-17)22(28-31-4)15-27-34-16(2)18-9-7-8-10-19(18)23(29-32-5)24(30)26-3/h7-12,14-16H,6,13H2,1-5H3,(H,26,30). The third kappa shape index (κ3) is 7.03. The van der Waals surface area contributed by atoms with E-state index in [1.807, 2.05) is 6.92 Å². The molecule has 0 bridgehead atoms. The third-order valence-electron chi connectivity index (χ3n) is 4.55. The summed E-state index contributed by atoms with van der Waals surface area (Å²) in [4.78, 5) is 27.5. The van der Waals surface area contributed by atoms with Gasteiger partial charge in [-0.3, -0.25) is 4.79 Å². The Labute approximate surface area is 198 Å². The highest BCUT2D eigenvalue weighted by Gasteiger charge is 2.21. The van der Waals surface area contributed by atoms with Crippen LogP contribution < -0.4 is 10.1 Å². The molecule has 0 aromatic heterocycles. The predicted octanol–water partition coefficient (Wildman–Crippen LogP) is 3.83. The molecule has 0 spiro atoms. The molecular weight excluding hydrogens is 443 g/mol. The molecule has 1 N–H and O–H groups in total. The Morgan fingerprint density at radius 3 is 2.50 bits per heavy atom. The fourth-order valence-corrected chi connectivity index (χ4v) is 2.97. The van der Waals surface area contributed by atoms with E-state index in [0.717, 1.165) is 6.42 Å². The van der Waals surface area contributed by atoms with Crippen molar-refractivity contribution in [2.24, 2.45) is 15.5 Å². The minimum absolute atomic E-state index is 0.0918. The van der Waals surface area contributed by atoms with Crippen molar-refractivity contribution in [3.05, 3.63) is 65.0 Å². The quantitative estimate of drug-likeness (QED) is 0.374. The van der Waals surface area contributed by atoms with Gasteiger partial charge in [0.2, 0.25) is 0 Å². The Morgan fingerprint density at radius 1 is 1.12 bits per heavy atom. The number of oxime groups is 3. The van der Waals surface area contributed by atoms with Crippen LogP contribution in [0.15, 0.2) is 57.9 Å². The number of amides is 1. The molecule has 1 amide bonds. The second kappa shape index (κ2) is 13.6. The van der Waals surface area contributed by atoms with Gasteiger partial charge >= 0.3 is 0 Å². The summed E-state index contributed by atoms with van der Waals surface area (Å²) in [5, 5.41) is 14.2. The van der Waals surface area contributed by atoms with Crippen LogP contribution in [0.2, 0.25) is 0 Å². The first kappa shape index (κ1) is 26.3. The third-order valence-corrected chi connectivity index (χ3v) is 4.55. The molecule has 1 unspecified atom stereocenters. The van der Waals surface area contributed by atoms with Gasteiger partial charge in [-0.25, -0.2) is 4.39 Å². The van der Waals surface area contributed by atoms with Crippen LogP contribution in [-0.2, 0) is 19.3 Å². The lowest BCUT2D eigenvalue weighted by Gasteiger charge is -2.15. The van der Waals surface area contributed by atoms with Crippen molar-refractivity contribution in [1.29, 1.82) is 0 Å². The van der Waals surface area contributed by atoms with Crippen molar-refractivity contribution in [2.45, 2.75) is 26.4 Å². The molecule has 0 fully saturated rings. The van der Waals surface area contributed by atoms with Crippen molar-refractivity contribution in [3.8, 4) is 5.75 Å². The SMILES string of the molecule is CCCOc1ccc(C(C=NOC(C)c2ccccc2C(=NOC)C(=O)NC)=NOC)c(F)c1. The maximum atomic E-state index is 14.6. The maximum absolute atomic E-state index is 14.6. The number of carbonyl (C=O) groups is 1. The Morgan fingerprint density at radius 2 is 1.85 bits per heavy atom. The smallest absolute Gasteiger partial charge is 0.273 e. The number of nitrogens with one attached hydrogen (secondary N) is 1. The van der Waals surface area contributed by atoms with E-state index in [1.165, 1.54) is 39.6 Å². The van der Waals surface area contributed by atoms with Gasteiger partial charge in [-0.1, -0.05) is 46.7 Å². The molecule has 0 aliphatic carbocycles. The fourth-order valence-electron chi connectivity index (χ4n) is 2.97. The molecule has 10 heteroatoms. The van der Waals surface area contributed by atoms with E-state index in [-0.39, 0.29) is 17.0 Å². The van der Waals surface area contributed by atoms with Crippen molar-refractivity contribution < 1.29 is 28.4 Å². The predicted molar refractivity (Wildman–Crippen MR) is 128 cm³/mol. The molecule has 2 aromatic carbocycles. The molecule has 2 rings (SSSR count). The normalized spacial score (nSPS) is 12.9. The maximum Gasteiger partial charge on any atom is 0.273 e. The number of nitrogens with zero attached hydrogens (tertiary/aromatic N) is 3. The number of hydrogen-bond donors (Lipinski definition) is 1. The van der Waals surface area contributed by atoms with Crippen LogP contribution in [-0.4, -0.2) is 51.4 Å². The van der Waals surface area contributed by atoms with Gasteiger partial charge < -0.3 is 24.6 Å². The minimum atomic E-state index is -0.586. The molecule has 9 nitrogen and oxygen atoms in total. The Balaban J connectivity index is 2.25. The van der Waals surface area contributed by atoms with Gasteiger partial charge in [0.1, 0.15) is 37.6 Å². The molecule has 1 atom stereocenters. The van der Waals surface area contributed by atoms with Crippen molar-refractivity contribution in [1.82, 2.24) is 5.32 Å². The molecule has 182 valence electrons. The number of carbonyl (C=O) groups excluding carboxylic acids is 1. The van der Waals surface area contributed by atoms with Crippen LogP contribution in [0.5, 0.6) is 5.75 Å². The lowest BCUT2D eigenvalue weighted by atomic mass is 9.99. The molecule has 0 radical (unpaired) electrons. The van der Waals surface area contributed by atoms with Crippen LogP contribution in [0, 0.1) is 5.82 Å². The van der Waals surface area contributed by atoms with E-state index < -0.39 is 17.8 Å². The summed E-state index contributed by atoms with van der Waals surface area (Å²) in [6.45, 7) is 4.20. The van der Waals surface area contributed by atoms with Crippen LogP contribution in [0.25, 0.3) is 0 Å². The molecule has 0 saturated carbocycles. The summed E-state index contributed by atoms with van der Waals surface area (Å²) in [5.74, 6) is -0.537. The Hall–Kier alpha value is -3.95. The summed E-state index contributed by atoms with van der Waals surface area (Å²) < 4.78 is 20.1.